The van der Waals surface area contributed by atoms with E-state index in [1.807, 2.05) is 30.3 Å². The molecule has 1 aromatic rings. The normalized spacial score (nSPS) is 12.3. The highest BCUT2D eigenvalue weighted by Gasteiger charge is 2.05. The first-order valence-electron chi connectivity index (χ1n) is 7.63. The summed E-state index contributed by atoms with van der Waals surface area (Å²) >= 11 is 0. The largest absolute Gasteiger partial charge is 0.489 e. The van der Waals surface area contributed by atoms with Crippen LogP contribution >= 0.6 is 0 Å². The number of rotatable bonds is 10. The van der Waals surface area contributed by atoms with Crippen molar-refractivity contribution in [3.8, 4) is 0 Å². The van der Waals surface area contributed by atoms with E-state index >= 15 is 0 Å². The zero-order valence-electron chi connectivity index (χ0n) is 13.2. The fourth-order valence-electron chi connectivity index (χ4n) is 1.94. The molecule has 0 aliphatic heterocycles. The van der Waals surface area contributed by atoms with Crippen molar-refractivity contribution in [3.05, 3.63) is 71.8 Å². The lowest BCUT2D eigenvalue weighted by molar-refractivity contribution is 0.205. The summed E-state index contributed by atoms with van der Waals surface area (Å²) in [5, 5.41) is 8.79. The van der Waals surface area contributed by atoms with Gasteiger partial charge in [-0.15, -0.1) is 0 Å². The molecule has 0 aliphatic rings. The van der Waals surface area contributed by atoms with Crippen molar-refractivity contribution < 1.29 is 14.2 Å². The van der Waals surface area contributed by atoms with Crippen LogP contribution in [0, 0.1) is 0 Å². The molecular formula is C19H25FO2. The Bertz CT molecular complexity index is 499. The first-order chi connectivity index (χ1) is 10.6. The second-order valence-corrected chi connectivity index (χ2v) is 5.20. The maximum absolute atomic E-state index is 12.9. The van der Waals surface area contributed by atoms with Gasteiger partial charge in [-0.3, -0.25) is 0 Å². The molecule has 120 valence electrons. The summed E-state index contributed by atoms with van der Waals surface area (Å²) in [6.07, 6.45) is 6.47. The molecule has 0 spiro atoms. The number of aliphatic hydroxyl groups is 1. The van der Waals surface area contributed by atoms with Gasteiger partial charge in [-0.25, -0.2) is 4.39 Å². The molecule has 2 nitrogen and oxygen atoms in total. The van der Waals surface area contributed by atoms with Crippen LogP contribution < -0.4 is 0 Å². The summed E-state index contributed by atoms with van der Waals surface area (Å²) in [7, 11) is 0. The van der Waals surface area contributed by atoms with Crippen LogP contribution in [0.15, 0.2) is 66.2 Å². The van der Waals surface area contributed by atoms with Gasteiger partial charge >= 0.3 is 0 Å². The molecular weight excluding hydrogens is 279 g/mol. The zero-order chi connectivity index (χ0) is 16.2. The third kappa shape index (κ3) is 7.79. The van der Waals surface area contributed by atoms with Gasteiger partial charge in [-0.05, 0) is 49.5 Å². The van der Waals surface area contributed by atoms with Crippen molar-refractivity contribution in [2.75, 3.05) is 6.61 Å². The van der Waals surface area contributed by atoms with E-state index < -0.39 is 0 Å². The summed E-state index contributed by atoms with van der Waals surface area (Å²) in [5.74, 6) is 0.346. The average Bonchev–Trinajstić information content (AvgIpc) is 2.52. The molecule has 0 saturated heterocycles. The Morgan fingerprint density at radius 2 is 1.91 bits per heavy atom. The van der Waals surface area contributed by atoms with Crippen LogP contribution in [0.4, 0.5) is 4.39 Å². The van der Waals surface area contributed by atoms with Gasteiger partial charge in [0.25, 0.3) is 0 Å². The zero-order valence-corrected chi connectivity index (χ0v) is 13.2. The number of aliphatic hydroxyl groups excluding tert-OH is 1. The molecule has 22 heavy (non-hydrogen) atoms. The number of hydrogen-bond acceptors (Lipinski definition) is 2. The van der Waals surface area contributed by atoms with Gasteiger partial charge in [0.15, 0.2) is 0 Å². The minimum Gasteiger partial charge on any atom is -0.489 e. The molecule has 0 fully saturated rings. The van der Waals surface area contributed by atoms with E-state index in [1.165, 1.54) is 13.0 Å². The number of allylic oxidation sites excluding steroid dienone is 4. The van der Waals surface area contributed by atoms with E-state index in [2.05, 4.69) is 6.58 Å². The van der Waals surface area contributed by atoms with E-state index in [-0.39, 0.29) is 12.4 Å². The topological polar surface area (TPSA) is 29.5 Å². The van der Waals surface area contributed by atoms with Crippen molar-refractivity contribution >= 4 is 0 Å². The van der Waals surface area contributed by atoms with Gasteiger partial charge in [0, 0.05) is 6.61 Å². The van der Waals surface area contributed by atoms with Crippen LogP contribution in [0.5, 0.6) is 0 Å². The van der Waals surface area contributed by atoms with Crippen molar-refractivity contribution in [2.45, 2.75) is 39.2 Å². The van der Waals surface area contributed by atoms with Crippen molar-refractivity contribution in [3.63, 3.8) is 0 Å². The van der Waals surface area contributed by atoms with Crippen molar-refractivity contribution in [1.82, 2.24) is 0 Å². The quantitative estimate of drug-likeness (QED) is 0.371. The predicted molar refractivity (Wildman–Crippen MR) is 88.9 cm³/mol. The molecule has 0 aromatic heterocycles. The molecule has 0 aliphatic carbocycles. The van der Waals surface area contributed by atoms with Gasteiger partial charge in [0.05, 0.1) is 5.83 Å². The lowest BCUT2D eigenvalue weighted by Gasteiger charge is -2.13. The predicted octanol–water partition coefficient (Wildman–Crippen LogP) is 5.07. The minimum absolute atomic E-state index is 0.212. The van der Waals surface area contributed by atoms with Gasteiger partial charge in [0.1, 0.15) is 12.4 Å². The molecule has 0 unspecified atom stereocenters. The maximum Gasteiger partial charge on any atom is 0.122 e. The second-order valence-electron chi connectivity index (χ2n) is 5.20. The molecule has 0 bridgehead atoms. The SMILES string of the molecule is C=C(CCCCCO)/C(=C\C=C(/C)F)OCc1ccccc1. The van der Waals surface area contributed by atoms with Crippen molar-refractivity contribution in [1.29, 1.82) is 0 Å². The highest BCUT2D eigenvalue weighted by atomic mass is 19.1. The number of hydrogen-bond donors (Lipinski definition) is 1. The lowest BCUT2D eigenvalue weighted by Crippen LogP contribution is -1.97. The lowest BCUT2D eigenvalue weighted by atomic mass is 10.1. The molecule has 0 saturated carbocycles. The molecule has 3 heteroatoms. The van der Waals surface area contributed by atoms with Crippen LogP contribution in [-0.2, 0) is 11.3 Å². The smallest absolute Gasteiger partial charge is 0.122 e. The molecule has 1 aromatic carbocycles. The highest BCUT2D eigenvalue weighted by molar-refractivity contribution is 5.27. The number of halogens is 1. The first-order valence-corrected chi connectivity index (χ1v) is 7.63. The third-order valence-corrected chi connectivity index (χ3v) is 3.19. The van der Waals surface area contributed by atoms with Gasteiger partial charge in [0.2, 0.25) is 0 Å². The molecule has 0 radical (unpaired) electrons. The van der Waals surface area contributed by atoms with E-state index in [1.54, 1.807) is 6.08 Å². The molecule has 1 rings (SSSR count). The maximum atomic E-state index is 12.9. The van der Waals surface area contributed by atoms with Crippen molar-refractivity contribution in [2.24, 2.45) is 0 Å². The fourth-order valence-corrected chi connectivity index (χ4v) is 1.94. The fraction of sp³-hybridized carbons (Fsp3) is 0.368. The molecule has 1 N–H and O–H groups in total. The van der Waals surface area contributed by atoms with Gasteiger partial charge < -0.3 is 9.84 Å². The summed E-state index contributed by atoms with van der Waals surface area (Å²) in [6.45, 7) is 6.08. The Labute approximate surface area is 132 Å². The Morgan fingerprint density at radius 3 is 2.55 bits per heavy atom. The summed E-state index contributed by atoms with van der Waals surface area (Å²) in [6, 6.07) is 9.83. The van der Waals surface area contributed by atoms with Gasteiger partial charge in [-0.2, -0.15) is 0 Å². The van der Waals surface area contributed by atoms with E-state index in [0.29, 0.717) is 12.4 Å². The number of unbranched alkanes of at least 4 members (excludes halogenated alkanes) is 2. The van der Waals surface area contributed by atoms with E-state index in [0.717, 1.165) is 36.8 Å². The molecule has 0 atom stereocenters. The molecule has 0 amide bonds. The van der Waals surface area contributed by atoms with E-state index in [9.17, 15) is 4.39 Å². The van der Waals surface area contributed by atoms with Crippen LogP contribution in [0.3, 0.4) is 0 Å². The minimum atomic E-state index is -0.270. The number of benzene rings is 1. The highest BCUT2D eigenvalue weighted by Crippen LogP contribution is 2.19. The molecule has 0 heterocycles. The standard InChI is InChI=1S/C19H25FO2/c1-16(9-5-4-8-14-21)19(13-12-17(2)20)22-15-18-10-6-3-7-11-18/h3,6-7,10-13,21H,1,4-5,8-9,14-15H2,2H3/b17-12+,19-13+. The Kier molecular flexibility index (Phi) is 8.92. The number of ether oxygens (including phenoxy) is 1. The summed E-state index contributed by atoms with van der Waals surface area (Å²) in [5.41, 5.74) is 1.91. The van der Waals surface area contributed by atoms with Gasteiger partial charge in [-0.1, -0.05) is 43.3 Å². The van der Waals surface area contributed by atoms with Crippen LogP contribution in [0.1, 0.15) is 38.2 Å². The van der Waals surface area contributed by atoms with Crippen LogP contribution in [0.25, 0.3) is 0 Å². The van der Waals surface area contributed by atoms with E-state index in [4.69, 9.17) is 9.84 Å². The Morgan fingerprint density at radius 1 is 1.18 bits per heavy atom. The summed E-state index contributed by atoms with van der Waals surface area (Å²) in [4.78, 5) is 0. The Balaban J connectivity index is 2.61. The Hall–Kier alpha value is -1.87. The first kappa shape index (κ1) is 18.2. The third-order valence-electron chi connectivity index (χ3n) is 3.19. The second kappa shape index (κ2) is 10.8. The van der Waals surface area contributed by atoms with Crippen LogP contribution in [-0.4, -0.2) is 11.7 Å². The monoisotopic (exact) mass is 304 g/mol. The summed E-state index contributed by atoms with van der Waals surface area (Å²) < 4.78 is 18.7. The van der Waals surface area contributed by atoms with Crippen LogP contribution in [0.2, 0.25) is 0 Å². The average molecular weight is 304 g/mol.